The van der Waals surface area contributed by atoms with Crippen LogP contribution in [0.15, 0.2) is 17.5 Å². The topological polar surface area (TPSA) is 69.6 Å². The van der Waals surface area contributed by atoms with Gasteiger partial charge in [-0.2, -0.15) is 13.2 Å². The Labute approximate surface area is 128 Å². The van der Waals surface area contributed by atoms with Crippen LogP contribution in [0.5, 0.6) is 0 Å². The number of nitrogens with zero attached hydrogens (tertiary/aromatic N) is 1. The van der Waals surface area contributed by atoms with Crippen LogP contribution in [0.25, 0.3) is 0 Å². The van der Waals surface area contributed by atoms with Gasteiger partial charge in [0.15, 0.2) is 0 Å². The van der Waals surface area contributed by atoms with Crippen molar-refractivity contribution in [3.63, 3.8) is 0 Å². The second-order valence-corrected chi connectivity index (χ2v) is 6.18. The van der Waals surface area contributed by atoms with Crippen LogP contribution in [0, 0.1) is 11.8 Å². The number of aliphatic carboxylic acids is 1. The van der Waals surface area contributed by atoms with Gasteiger partial charge < -0.3 is 10.4 Å². The molecule has 1 saturated heterocycles. The van der Waals surface area contributed by atoms with E-state index in [0.29, 0.717) is 6.54 Å². The molecule has 2 rings (SSSR count). The largest absolute Gasteiger partial charge is 0.481 e. The number of halogens is 3. The fourth-order valence-electron chi connectivity index (χ4n) is 2.45. The number of nitrogens with one attached hydrogen (secondary N) is 1. The molecule has 0 bridgehead atoms. The van der Waals surface area contributed by atoms with Crippen LogP contribution >= 0.6 is 11.3 Å². The number of amides is 1. The Bertz CT molecular complexity index is 533. The molecular weight excluding hydrogens is 321 g/mol. The molecule has 2 atom stereocenters. The summed E-state index contributed by atoms with van der Waals surface area (Å²) in [5, 5.41) is 13.4. The number of likely N-dealkylation sites (tertiary alicyclic amines) is 1. The van der Waals surface area contributed by atoms with Crippen molar-refractivity contribution in [2.45, 2.75) is 12.7 Å². The van der Waals surface area contributed by atoms with E-state index in [-0.39, 0.29) is 13.1 Å². The lowest BCUT2D eigenvalue weighted by Gasteiger charge is -2.18. The van der Waals surface area contributed by atoms with E-state index in [9.17, 15) is 22.8 Å². The van der Waals surface area contributed by atoms with Gasteiger partial charge in [-0.3, -0.25) is 14.5 Å². The Kier molecular flexibility index (Phi) is 5.07. The highest BCUT2D eigenvalue weighted by atomic mass is 32.1. The van der Waals surface area contributed by atoms with Gasteiger partial charge in [0, 0.05) is 18.0 Å². The fourth-order valence-corrected chi connectivity index (χ4v) is 3.10. The smallest absolute Gasteiger partial charge is 0.393 e. The molecule has 1 aromatic rings. The van der Waals surface area contributed by atoms with Crippen molar-refractivity contribution in [1.29, 1.82) is 0 Å². The van der Waals surface area contributed by atoms with E-state index < -0.39 is 36.4 Å². The number of hydrogen-bond acceptors (Lipinski definition) is 4. The first-order valence-corrected chi connectivity index (χ1v) is 7.46. The third-order valence-electron chi connectivity index (χ3n) is 3.54. The minimum atomic E-state index is -4.58. The molecule has 22 heavy (non-hydrogen) atoms. The number of thiophene rings is 1. The van der Waals surface area contributed by atoms with E-state index in [1.165, 1.54) is 16.2 Å². The normalized spacial score (nSPS) is 22.7. The lowest BCUT2D eigenvalue weighted by molar-refractivity contribution is -0.188. The summed E-state index contributed by atoms with van der Waals surface area (Å²) in [6.45, 7) is -0.657. The first-order chi connectivity index (χ1) is 10.3. The van der Waals surface area contributed by atoms with E-state index in [4.69, 9.17) is 5.11 Å². The minimum Gasteiger partial charge on any atom is -0.481 e. The van der Waals surface area contributed by atoms with Gasteiger partial charge in [-0.1, -0.05) is 6.07 Å². The highest BCUT2D eigenvalue weighted by Gasteiger charge is 2.52. The first-order valence-electron chi connectivity index (χ1n) is 6.58. The zero-order valence-electron chi connectivity index (χ0n) is 11.5. The lowest BCUT2D eigenvalue weighted by Crippen LogP contribution is -2.36. The average molecular weight is 336 g/mol. The number of carbonyl (C=O) groups is 2. The maximum absolute atomic E-state index is 12.8. The summed E-state index contributed by atoms with van der Waals surface area (Å²) in [4.78, 5) is 24.9. The molecule has 0 aromatic carbocycles. The maximum Gasteiger partial charge on any atom is 0.393 e. The average Bonchev–Trinajstić information content (AvgIpc) is 3.04. The molecule has 1 aliphatic heterocycles. The van der Waals surface area contributed by atoms with Gasteiger partial charge in [0.25, 0.3) is 0 Å². The van der Waals surface area contributed by atoms with Crippen molar-refractivity contribution in [3.8, 4) is 0 Å². The second-order valence-electron chi connectivity index (χ2n) is 5.14. The van der Waals surface area contributed by atoms with Gasteiger partial charge in [-0.05, 0) is 11.4 Å². The van der Waals surface area contributed by atoms with Crippen LogP contribution in [0.1, 0.15) is 4.88 Å². The fraction of sp³-hybridized carbons (Fsp3) is 0.538. The van der Waals surface area contributed by atoms with Gasteiger partial charge in [0.1, 0.15) is 0 Å². The van der Waals surface area contributed by atoms with E-state index in [1.54, 1.807) is 0 Å². The Morgan fingerprint density at radius 2 is 2.14 bits per heavy atom. The minimum absolute atomic E-state index is 0.234. The molecule has 0 aliphatic carbocycles. The molecule has 1 amide bonds. The molecule has 0 radical (unpaired) electrons. The molecule has 5 nitrogen and oxygen atoms in total. The number of carbonyl (C=O) groups excluding carboxylic acids is 1. The quantitative estimate of drug-likeness (QED) is 0.856. The van der Waals surface area contributed by atoms with Crippen LogP contribution in [0.4, 0.5) is 13.2 Å². The molecule has 122 valence electrons. The summed E-state index contributed by atoms with van der Waals surface area (Å²) < 4.78 is 38.5. The van der Waals surface area contributed by atoms with Crippen molar-refractivity contribution in [1.82, 2.24) is 10.2 Å². The molecule has 1 aliphatic rings. The third kappa shape index (κ3) is 4.20. The Morgan fingerprint density at radius 1 is 1.41 bits per heavy atom. The van der Waals surface area contributed by atoms with Gasteiger partial charge in [-0.25, -0.2) is 0 Å². The molecule has 0 spiro atoms. The Balaban J connectivity index is 1.88. The summed E-state index contributed by atoms with van der Waals surface area (Å²) in [5.74, 6) is -5.36. The van der Waals surface area contributed by atoms with Gasteiger partial charge >= 0.3 is 12.1 Å². The summed E-state index contributed by atoms with van der Waals surface area (Å²) >= 11 is 1.46. The van der Waals surface area contributed by atoms with E-state index in [0.717, 1.165) is 4.88 Å². The van der Waals surface area contributed by atoms with Crippen LogP contribution < -0.4 is 5.32 Å². The van der Waals surface area contributed by atoms with Crippen molar-refractivity contribution >= 4 is 23.2 Å². The van der Waals surface area contributed by atoms with Crippen molar-refractivity contribution in [2.75, 3.05) is 19.6 Å². The summed E-state index contributed by atoms with van der Waals surface area (Å²) in [6.07, 6.45) is -4.58. The SMILES string of the molecule is O=C(CN1C[C@@H](C(F)(F)F)[C@H](C(=O)O)C1)NCc1cccs1. The van der Waals surface area contributed by atoms with E-state index in [2.05, 4.69) is 5.32 Å². The third-order valence-corrected chi connectivity index (χ3v) is 4.42. The molecule has 1 fully saturated rings. The summed E-state index contributed by atoms with van der Waals surface area (Å²) in [7, 11) is 0. The zero-order valence-corrected chi connectivity index (χ0v) is 12.3. The second kappa shape index (κ2) is 6.66. The molecule has 0 unspecified atom stereocenters. The van der Waals surface area contributed by atoms with Gasteiger partial charge in [0.2, 0.25) is 5.91 Å². The molecule has 2 heterocycles. The van der Waals surface area contributed by atoms with Crippen LogP contribution in [0.2, 0.25) is 0 Å². The molecule has 9 heteroatoms. The number of alkyl halides is 3. The van der Waals surface area contributed by atoms with Crippen LogP contribution in [-0.4, -0.2) is 47.7 Å². The molecule has 0 saturated carbocycles. The van der Waals surface area contributed by atoms with E-state index >= 15 is 0 Å². The molecule has 2 N–H and O–H groups in total. The molecule has 1 aromatic heterocycles. The maximum atomic E-state index is 12.8. The monoisotopic (exact) mass is 336 g/mol. The van der Waals surface area contributed by atoms with E-state index in [1.807, 2.05) is 17.5 Å². The Hall–Kier alpha value is -1.61. The Morgan fingerprint density at radius 3 is 2.64 bits per heavy atom. The standard InChI is InChI=1S/C13H15F3N2O3S/c14-13(15,16)10-6-18(5-9(10)12(20)21)7-11(19)17-4-8-2-1-3-22-8/h1-3,9-10H,4-7H2,(H,17,19)(H,20,21)/t9-,10-/m1/s1. The number of rotatable bonds is 5. The van der Waals surface area contributed by atoms with Gasteiger partial charge in [-0.15, -0.1) is 11.3 Å². The molecular formula is C13H15F3N2O3S. The highest BCUT2D eigenvalue weighted by Crippen LogP contribution is 2.37. The predicted molar refractivity (Wildman–Crippen MR) is 73.3 cm³/mol. The number of hydrogen-bond donors (Lipinski definition) is 2. The predicted octanol–water partition coefficient (Wildman–Crippen LogP) is 1.56. The highest BCUT2D eigenvalue weighted by molar-refractivity contribution is 7.09. The van der Waals surface area contributed by atoms with Crippen LogP contribution in [0.3, 0.4) is 0 Å². The van der Waals surface area contributed by atoms with Crippen molar-refractivity contribution in [3.05, 3.63) is 22.4 Å². The van der Waals surface area contributed by atoms with Crippen molar-refractivity contribution in [2.24, 2.45) is 11.8 Å². The number of carboxylic acids is 1. The first kappa shape index (κ1) is 16.8. The zero-order chi connectivity index (χ0) is 16.3. The van der Waals surface area contributed by atoms with Crippen LogP contribution in [-0.2, 0) is 16.1 Å². The summed E-state index contributed by atoms with van der Waals surface area (Å²) in [5.41, 5.74) is 0. The summed E-state index contributed by atoms with van der Waals surface area (Å²) in [6, 6.07) is 3.67. The van der Waals surface area contributed by atoms with Crippen molar-refractivity contribution < 1.29 is 27.9 Å². The number of carboxylic acid groups (broad SMARTS) is 1. The van der Waals surface area contributed by atoms with Gasteiger partial charge in [0.05, 0.1) is 24.9 Å². The lowest BCUT2D eigenvalue weighted by atomic mass is 9.96.